The van der Waals surface area contributed by atoms with Gasteiger partial charge >= 0.3 is 0 Å². The van der Waals surface area contributed by atoms with Gasteiger partial charge in [0.1, 0.15) is 0 Å². The first kappa shape index (κ1) is 16.2. The number of nitro groups is 1. The fourth-order valence-corrected chi connectivity index (χ4v) is 2.65. The molecular weight excluding hydrogens is 296 g/mol. The molecule has 1 fully saturated rings. The molecule has 0 spiro atoms. The molecule has 0 atom stereocenters. The lowest BCUT2D eigenvalue weighted by atomic mass is 9.81. The highest BCUT2D eigenvalue weighted by Gasteiger charge is 2.31. The summed E-state index contributed by atoms with van der Waals surface area (Å²) in [5.74, 6) is 0. The van der Waals surface area contributed by atoms with Gasteiger partial charge < -0.3 is 15.2 Å². The van der Waals surface area contributed by atoms with E-state index in [1.165, 1.54) is 18.2 Å². The van der Waals surface area contributed by atoms with Gasteiger partial charge in [0.2, 0.25) is 0 Å². The Morgan fingerprint density at radius 2 is 2.14 bits per heavy atom. The second-order valence-electron chi connectivity index (χ2n) is 5.41. The minimum atomic E-state index is -0.437. The molecule has 116 valence electrons. The minimum Gasteiger partial charge on any atom is -0.396 e. The predicted molar refractivity (Wildman–Crippen MR) is 79.4 cm³/mol. The number of rotatable bonds is 6. The number of non-ortho nitro benzene ring substituents is 1. The highest BCUT2D eigenvalue weighted by Crippen LogP contribution is 2.29. The highest BCUT2D eigenvalue weighted by molar-refractivity contribution is 6.31. The van der Waals surface area contributed by atoms with E-state index in [9.17, 15) is 15.2 Å². The third-order valence-electron chi connectivity index (χ3n) is 3.94. The van der Waals surface area contributed by atoms with Crippen molar-refractivity contribution in [2.24, 2.45) is 5.41 Å². The molecule has 21 heavy (non-hydrogen) atoms. The summed E-state index contributed by atoms with van der Waals surface area (Å²) in [5.41, 5.74) is 0.538. The van der Waals surface area contributed by atoms with E-state index in [1.807, 2.05) is 0 Å². The number of halogens is 1. The van der Waals surface area contributed by atoms with E-state index < -0.39 is 4.92 Å². The van der Waals surface area contributed by atoms with Crippen LogP contribution < -0.4 is 5.32 Å². The quantitative estimate of drug-likeness (QED) is 0.620. The fraction of sp³-hybridized carbons (Fsp3) is 0.571. The number of ether oxygens (including phenoxy) is 1. The molecule has 0 amide bonds. The van der Waals surface area contributed by atoms with Crippen molar-refractivity contribution in [1.82, 2.24) is 5.32 Å². The first-order valence-corrected chi connectivity index (χ1v) is 7.26. The number of nitrogens with zero attached hydrogens (tertiary/aromatic N) is 1. The van der Waals surface area contributed by atoms with Crippen molar-refractivity contribution in [3.63, 3.8) is 0 Å². The molecule has 1 heterocycles. The van der Waals surface area contributed by atoms with Crippen LogP contribution in [0.15, 0.2) is 18.2 Å². The van der Waals surface area contributed by atoms with Crippen LogP contribution in [0.25, 0.3) is 0 Å². The van der Waals surface area contributed by atoms with Crippen molar-refractivity contribution in [3.05, 3.63) is 38.9 Å². The molecule has 0 bridgehead atoms. The molecule has 1 aliphatic rings. The SMILES string of the molecule is O=[N+]([O-])c1ccc(Cl)c(CNCC2(CO)CCOCC2)c1. The number of aliphatic hydroxyl groups excluding tert-OH is 1. The van der Waals surface area contributed by atoms with Gasteiger partial charge in [0.25, 0.3) is 5.69 Å². The van der Waals surface area contributed by atoms with Crippen LogP contribution in [0.1, 0.15) is 18.4 Å². The Morgan fingerprint density at radius 1 is 1.43 bits per heavy atom. The zero-order valence-corrected chi connectivity index (χ0v) is 12.4. The van der Waals surface area contributed by atoms with Crippen LogP contribution >= 0.6 is 11.6 Å². The maximum absolute atomic E-state index is 10.8. The number of benzene rings is 1. The van der Waals surface area contributed by atoms with Gasteiger partial charge in [0.15, 0.2) is 0 Å². The molecule has 0 radical (unpaired) electrons. The molecule has 0 saturated carbocycles. The summed E-state index contributed by atoms with van der Waals surface area (Å²) in [7, 11) is 0. The van der Waals surface area contributed by atoms with E-state index in [-0.39, 0.29) is 17.7 Å². The Labute approximate surface area is 128 Å². The number of nitro benzene ring substituents is 1. The Balaban J connectivity index is 1.96. The summed E-state index contributed by atoms with van der Waals surface area (Å²) in [5, 5.41) is 24.1. The molecule has 1 aromatic rings. The molecule has 1 saturated heterocycles. The molecule has 0 aromatic heterocycles. The fourth-order valence-electron chi connectivity index (χ4n) is 2.47. The molecule has 6 nitrogen and oxygen atoms in total. The van der Waals surface area contributed by atoms with Gasteiger partial charge in [-0.05, 0) is 24.5 Å². The van der Waals surface area contributed by atoms with Gasteiger partial charge in [0, 0.05) is 48.9 Å². The molecule has 0 unspecified atom stereocenters. The zero-order valence-electron chi connectivity index (χ0n) is 11.7. The van der Waals surface area contributed by atoms with Crippen molar-refractivity contribution in [1.29, 1.82) is 0 Å². The van der Waals surface area contributed by atoms with Crippen molar-refractivity contribution < 1.29 is 14.8 Å². The average molecular weight is 315 g/mol. The smallest absolute Gasteiger partial charge is 0.269 e. The average Bonchev–Trinajstić information content (AvgIpc) is 2.50. The van der Waals surface area contributed by atoms with Crippen LogP contribution in [0.3, 0.4) is 0 Å². The first-order chi connectivity index (χ1) is 10.1. The molecular formula is C14H19ClN2O4. The van der Waals surface area contributed by atoms with E-state index in [1.54, 1.807) is 0 Å². The summed E-state index contributed by atoms with van der Waals surface area (Å²) >= 11 is 6.06. The van der Waals surface area contributed by atoms with Gasteiger partial charge in [-0.2, -0.15) is 0 Å². The van der Waals surface area contributed by atoms with E-state index in [0.29, 0.717) is 36.9 Å². The van der Waals surface area contributed by atoms with E-state index >= 15 is 0 Å². The third-order valence-corrected chi connectivity index (χ3v) is 4.31. The minimum absolute atomic E-state index is 0.0270. The van der Waals surface area contributed by atoms with Gasteiger partial charge in [-0.15, -0.1) is 0 Å². The molecule has 0 aliphatic carbocycles. The molecule has 2 N–H and O–H groups in total. The Kier molecular flexibility index (Phi) is 5.52. The van der Waals surface area contributed by atoms with Crippen molar-refractivity contribution >= 4 is 17.3 Å². The largest absolute Gasteiger partial charge is 0.396 e. The Bertz CT molecular complexity index is 504. The standard InChI is InChI=1S/C14H19ClN2O4/c15-13-2-1-12(17(19)20)7-11(13)8-16-9-14(10-18)3-5-21-6-4-14/h1-2,7,16,18H,3-6,8-10H2. The summed E-state index contributed by atoms with van der Waals surface area (Å²) in [4.78, 5) is 10.3. The van der Waals surface area contributed by atoms with Crippen LogP contribution in [0.2, 0.25) is 5.02 Å². The maximum Gasteiger partial charge on any atom is 0.269 e. The molecule has 1 aromatic carbocycles. The molecule has 7 heteroatoms. The van der Waals surface area contributed by atoms with E-state index in [4.69, 9.17) is 16.3 Å². The zero-order chi connectivity index (χ0) is 15.3. The first-order valence-electron chi connectivity index (χ1n) is 6.88. The lowest BCUT2D eigenvalue weighted by Gasteiger charge is -2.35. The summed E-state index contributed by atoms with van der Waals surface area (Å²) in [6.45, 7) is 2.47. The van der Waals surface area contributed by atoms with Crippen molar-refractivity contribution in [3.8, 4) is 0 Å². The van der Waals surface area contributed by atoms with Crippen LogP contribution in [0, 0.1) is 15.5 Å². The van der Waals surface area contributed by atoms with Crippen LogP contribution in [0.5, 0.6) is 0 Å². The second-order valence-corrected chi connectivity index (χ2v) is 5.81. The van der Waals surface area contributed by atoms with Gasteiger partial charge in [-0.1, -0.05) is 11.6 Å². The van der Waals surface area contributed by atoms with E-state index in [0.717, 1.165) is 12.8 Å². The lowest BCUT2D eigenvalue weighted by Crippen LogP contribution is -2.41. The number of hydrogen-bond acceptors (Lipinski definition) is 5. The maximum atomic E-state index is 10.8. The summed E-state index contributed by atoms with van der Waals surface area (Å²) < 4.78 is 5.32. The lowest BCUT2D eigenvalue weighted by molar-refractivity contribution is -0.384. The monoisotopic (exact) mass is 314 g/mol. The van der Waals surface area contributed by atoms with Gasteiger partial charge in [-0.25, -0.2) is 0 Å². The number of hydrogen-bond donors (Lipinski definition) is 2. The van der Waals surface area contributed by atoms with Crippen LogP contribution in [-0.4, -0.2) is 36.4 Å². The normalized spacial score (nSPS) is 17.6. The Hall–Kier alpha value is -1.21. The topological polar surface area (TPSA) is 84.6 Å². The second kappa shape index (κ2) is 7.17. The predicted octanol–water partition coefficient (Wildman–Crippen LogP) is 2.13. The van der Waals surface area contributed by atoms with Crippen LogP contribution in [-0.2, 0) is 11.3 Å². The highest BCUT2D eigenvalue weighted by atomic mass is 35.5. The number of aliphatic hydroxyl groups is 1. The molecule has 2 rings (SSSR count). The third kappa shape index (κ3) is 4.14. The number of nitrogens with one attached hydrogen (secondary N) is 1. The summed E-state index contributed by atoms with van der Waals surface area (Å²) in [6.07, 6.45) is 1.61. The van der Waals surface area contributed by atoms with E-state index in [2.05, 4.69) is 5.32 Å². The van der Waals surface area contributed by atoms with Gasteiger partial charge in [0.05, 0.1) is 11.5 Å². The Morgan fingerprint density at radius 3 is 2.76 bits per heavy atom. The van der Waals surface area contributed by atoms with Gasteiger partial charge in [-0.3, -0.25) is 10.1 Å². The van der Waals surface area contributed by atoms with Crippen molar-refractivity contribution in [2.75, 3.05) is 26.4 Å². The van der Waals surface area contributed by atoms with Crippen LogP contribution in [0.4, 0.5) is 5.69 Å². The molecule has 1 aliphatic heterocycles. The van der Waals surface area contributed by atoms with Crippen molar-refractivity contribution in [2.45, 2.75) is 19.4 Å². The summed E-state index contributed by atoms with van der Waals surface area (Å²) in [6, 6.07) is 4.40.